The first-order valence-corrected chi connectivity index (χ1v) is 6.17. The number of hydrogen-bond donors (Lipinski definition) is 2. The van der Waals surface area contributed by atoms with Crippen LogP contribution in [-0.2, 0) is 4.79 Å². The highest BCUT2D eigenvalue weighted by Gasteiger charge is 2.37. The van der Waals surface area contributed by atoms with Crippen LogP contribution in [0, 0.1) is 5.92 Å². The van der Waals surface area contributed by atoms with Crippen molar-refractivity contribution >= 4 is 11.7 Å². The predicted octanol–water partition coefficient (Wildman–Crippen LogP) is 3.13. The van der Waals surface area contributed by atoms with E-state index in [1.54, 1.807) is 6.92 Å². The molecule has 2 rings (SSSR count). The molecule has 3 heteroatoms. The van der Waals surface area contributed by atoms with Gasteiger partial charge in [0.2, 0.25) is 0 Å². The molecule has 0 amide bonds. The van der Waals surface area contributed by atoms with Crippen LogP contribution in [0.3, 0.4) is 0 Å². The Morgan fingerprint density at radius 2 is 2.06 bits per heavy atom. The van der Waals surface area contributed by atoms with Gasteiger partial charge in [0.25, 0.3) is 0 Å². The highest BCUT2D eigenvalue weighted by Crippen LogP contribution is 2.35. The molecule has 1 atom stereocenters. The predicted molar refractivity (Wildman–Crippen MR) is 68.1 cm³/mol. The molecule has 1 aliphatic carbocycles. The highest BCUT2D eigenvalue weighted by molar-refractivity contribution is 5.82. The van der Waals surface area contributed by atoms with Crippen molar-refractivity contribution in [2.75, 3.05) is 5.32 Å². The van der Waals surface area contributed by atoms with E-state index >= 15 is 0 Å². The summed E-state index contributed by atoms with van der Waals surface area (Å²) in [6.45, 7) is 1.78. The van der Waals surface area contributed by atoms with Crippen LogP contribution < -0.4 is 5.32 Å². The minimum Gasteiger partial charge on any atom is -0.480 e. The SMILES string of the molecule is CC(CC1CCC1)(Nc1ccccc1)C(=O)O. The van der Waals surface area contributed by atoms with Crippen LogP contribution in [0.15, 0.2) is 30.3 Å². The molecule has 17 heavy (non-hydrogen) atoms. The van der Waals surface area contributed by atoms with Crippen LogP contribution in [0.4, 0.5) is 5.69 Å². The number of nitrogens with one attached hydrogen (secondary N) is 1. The number of hydrogen-bond acceptors (Lipinski definition) is 2. The maximum atomic E-state index is 11.4. The number of carbonyl (C=O) groups is 1. The largest absolute Gasteiger partial charge is 0.480 e. The average molecular weight is 233 g/mol. The highest BCUT2D eigenvalue weighted by atomic mass is 16.4. The molecule has 1 unspecified atom stereocenters. The zero-order valence-corrected chi connectivity index (χ0v) is 10.1. The van der Waals surface area contributed by atoms with Gasteiger partial charge in [-0.05, 0) is 31.4 Å². The molecular formula is C14H19NO2. The summed E-state index contributed by atoms with van der Waals surface area (Å²) in [6.07, 6.45) is 4.28. The van der Waals surface area contributed by atoms with Gasteiger partial charge in [0, 0.05) is 5.69 Å². The number of aliphatic carboxylic acids is 1. The number of benzene rings is 1. The summed E-state index contributed by atoms with van der Waals surface area (Å²) >= 11 is 0. The number of carboxylic acid groups (broad SMARTS) is 1. The molecule has 0 heterocycles. The molecule has 92 valence electrons. The fourth-order valence-corrected chi connectivity index (χ4v) is 2.31. The quantitative estimate of drug-likeness (QED) is 0.821. The van der Waals surface area contributed by atoms with Crippen molar-refractivity contribution in [3.05, 3.63) is 30.3 Å². The van der Waals surface area contributed by atoms with Gasteiger partial charge in [0.1, 0.15) is 5.54 Å². The van der Waals surface area contributed by atoms with Crippen molar-refractivity contribution in [2.24, 2.45) is 5.92 Å². The molecule has 2 N–H and O–H groups in total. The summed E-state index contributed by atoms with van der Waals surface area (Å²) in [4.78, 5) is 11.4. The second-order valence-corrected chi connectivity index (χ2v) is 5.13. The monoisotopic (exact) mass is 233 g/mol. The molecule has 1 aromatic carbocycles. The molecule has 0 saturated heterocycles. The van der Waals surface area contributed by atoms with E-state index in [2.05, 4.69) is 5.32 Å². The Morgan fingerprint density at radius 1 is 1.41 bits per heavy atom. The van der Waals surface area contributed by atoms with Crippen LogP contribution in [0.25, 0.3) is 0 Å². The number of carboxylic acids is 1. The lowest BCUT2D eigenvalue weighted by Crippen LogP contribution is -2.45. The molecule has 0 spiro atoms. The first kappa shape index (κ1) is 12.0. The normalized spacial score (nSPS) is 19.1. The minimum absolute atomic E-state index is 0.562. The molecule has 1 fully saturated rings. The molecule has 0 aromatic heterocycles. The van der Waals surface area contributed by atoms with Gasteiger partial charge in [-0.3, -0.25) is 0 Å². The first-order valence-electron chi connectivity index (χ1n) is 6.17. The van der Waals surface area contributed by atoms with E-state index in [1.807, 2.05) is 30.3 Å². The fraction of sp³-hybridized carbons (Fsp3) is 0.500. The minimum atomic E-state index is -0.855. The van der Waals surface area contributed by atoms with E-state index in [0.29, 0.717) is 12.3 Å². The Kier molecular flexibility index (Phi) is 3.36. The summed E-state index contributed by atoms with van der Waals surface area (Å²) < 4.78 is 0. The van der Waals surface area contributed by atoms with Crippen molar-refractivity contribution in [3.63, 3.8) is 0 Å². The van der Waals surface area contributed by atoms with E-state index in [1.165, 1.54) is 19.3 Å². The topological polar surface area (TPSA) is 49.3 Å². The average Bonchev–Trinajstić information content (AvgIpc) is 2.25. The summed E-state index contributed by atoms with van der Waals surface area (Å²) in [5, 5.41) is 12.6. The Hall–Kier alpha value is -1.51. The fourth-order valence-electron chi connectivity index (χ4n) is 2.31. The summed E-state index contributed by atoms with van der Waals surface area (Å²) in [5.74, 6) is -0.208. The van der Waals surface area contributed by atoms with Gasteiger partial charge in [0.15, 0.2) is 0 Å². The maximum Gasteiger partial charge on any atom is 0.329 e. The second-order valence-electron chi connectivity index (χ2n) is 5.13. The van der Waals surface area contributed by atoms with Crippen molar-refractivity contribution in [1.29, 1.82) is 0 Å². The van der Waals surface area contributed by atoms with Crippen LogP contribution in [0.1, 0.15) is 32.6 Å². The van der Waals surface area contributed by atoms with E-state index < -0.39 is 11.5 Å². The van der Waals surface area contributed by atoms with Gasteiger partial charge in [-0.25, -0.2) is 4.79 Å². The summed E-state index contributed by atoms with van der Waals surface area (Å²) in [6, 6.07) is 9.56. The Morgan fingerprint density at radius 3 is 2.53 bits per heavy atom. The molecule has 3 nitrogen and oxygen atoms in total. The first-order chi connectivity index (χ1) is 8.10. The molecule has 0 aliphatic heterocycles. The van der Waals surface area contributed by atoms with Crippen molar-refractivity contribution in [3.8, 4) is 0 Å². The molecular weight excluding hydrogens is 214 g/mol. The zero-order valence-electron chi connectivity index (χ0n) is 10.1. The lowest BCUT2D eigenvalue weighted by Gasteiger charge is -2.35. The van der Waals surface area contributed by atoms with Gasteiger partial charge in [-0.2, -0.15) is 0 Å². The van der Waals surface area contributed by atoms with Crippen molar-refractivity contribution < 1.29 is 9.90 Å². The Balaban J connectivity index is 2.07. The molecule has 1 aromatic rings. The smallest absolute Gasteiger partial charge is 0.329 e. The van der Waals surface area contributed by atoms with Crippen LogP contribution in [0.5, 0.6) is 0 Å². The molecule has 0 bridgehead atoms. The maximum absolute atomic E-state index is 11.4. The lowest BCUT2D eigenvalue weighted by atomic mass is 9.76. The van der Waals surface area contributed by atoms with E-state index in [9.17, 15) is 9.90 Å². The van der Waals surface area contributed by atoms with E-state index in [4.69, 9.17) is 0 Å². The third-order valence-electron chi connectivity index (χ3n) is 3.59. The van der Waals surface area contributed by atoms with Crippen LogP contribution in [0.2, 0.25) is 0 Å². The third-order valence-corrected chi connectivity index (χ3v) is 3.59. The number of anilines is 1. The van der Waals surface area contributed by atoms with Gasteiger partial charge < -0.3 is 10.4 Å². The van der Waals surface area contributed by atoms with Crippen LogP contribution >= 0.6 is 0 Å². The van der Waals surface area contributed by atoms with Gasteiger partial charge >= 0.3 is 5.97 Å². The third kappa shape index (κ3) is 2.78. The van der Waals surface area contributed by atoms with Gasteiger partial charge in [-0.15, -0.1) is 0 Å². The number of para-hydroxylation sites is 1. The van der Waals surface area contributed by atoms with E-state index in [0.717, 1.165) is 5.69 Å². The van der Waals surface area contributed by atoms with Gasteiger partial charge in [0.05, 0.1) is 0 Å². The molecule has 1 aliphatic rings. The Bertz CT molecular complexity index is 386. The summed E-state index contributed by atoms with van der Waals surface area (Å²) in [5.41, 5.74) is 0.0172. The lowest BCUT2D eigenvalue weighted by molar-refractivity contribution is -0.142. The molecule has 0 radical (unpaired) electrons. The van der Waals surface area contributed by atoms with E-state index in [-0.39, 0.29) is 0 Å². The molecule has 1 saturated carbocycles. The number of rotatable bonds is 5. The summed E-state index contributed by atoms with van der Waals surface area (Å²) in [7, 11) is 0. The zero-order chi connectivity index (χ0) is 12.3. The Labute approximate surface area is 102 Å². The van der Waals surface area contributed by atoms with Gasteiger partial charge in [-0.1, -0.05) is 37.5 Å². The second kappa shape index (κ2) is 4.78. The van der Waals surface area contributed by atoms with Crippen molar-refractivity contribution in [2.45, 2.75) is 38.1 Å². The standard InChI is InChI=1S/C14H19NO2/c1-14(13(16)17,10-11-6-5-7-11)15-12-8-3-2-4-9-12/h2-4,8-9,11,15H,5-7,10H2,1H3,(H,16,17). The van der Waals surface area contributed by atoms with Crippen molar-refractivity contribution in [1.82, 2.24) is 0 Å². The van der Waals surface area contributed by atoms with Crippen LogP contribution in [-0.4, -0.2) is 16.6 Å².